The lowest BCUT2D eigenvalue weighted by Crippen LogP contribution is -2.34. The molecule has 2 fully saturated rings. The van der Waals surface area contributed by atoms with Crippen molar-refractivity contribution in [3.63, 3.8) is 0 Å². The van der Waals surface area contributed by atoms with Gasteiger partial charge < -0.3 is 14.2 Å². The maximum atomic E-state index is 14.8. The first-order chi connectivity index (χ1) is 14.4. The lowest BCUT2D eigenvalue weighted by molar-refractivity contribution is -0.163. The van der Waals surface area contributed by atoms with Crippen molar-refractivity contribution in [2.75, 3.05) is 13.2 Å². The summed E-state index contributed by atoms with van der Waals surface area (Å²) in [6.45, 7) is 5.92. The Labute approximate surface area is 175 Å². The minimum absolute atomic E-state index is 0.0116. The van der Waals surface area contributed by atoms with Crippen molar-refractivity contribution in [1.82, 2.24) is 0 Å². The number of ether oxygens (including phenoxy) is 3. The van der Waals surface area contributed by atoms with Crippen LogP contribution in [0.15, 0.2) is 24.8 Å². The number of halogens is 3. The number of esters is 1. The van der Waals surface area contributed by atoms with Gasteiger partial charge in [0.05, 0.1) is 30.8 Å². The minimum atomic E-state index is -2.95. The van der Waals surface area contributed by atoms with Gasteiger partial charge in [-0.05, 0) is 63.0 Å². The van der Waals surface area contributed by atoms with Crippen LogP contribution in [0.2, 0.25) is 0 Å². The molecule has 1 aromatic carbocycles. The highest BCUT2D eigenvalue weighted by Gasteiger charge is 2.33. The van der Waals surface area contributed by atoms with E-state index in [0.717, 1.165) is 12.8 Å². The van der Waals surface area contributed by atoms with Crippen LogP contribution >= 0.6 is 0 Å². The Bertz CT molecular complexity index is 736. The van der Waals surface area contributed by atoms with Crippen LogP contribution in [0, 0.1) is 11.7 Å². The predicted octanol–water partition coefficient (Wildman–Crippen LogP) is 5.71. The van der Waals surface area contributed by atoms with Crippen LogP contribution in [0.5, 0.6) is 5.75 Å². The second kappa shape index (κ2) is 10.3. The molecule has 30 heavy (non-hydrogen) atoms. The third-order valence-electron chi connectivity index (χ3n) is 6.00. The summed E-state index contributed by atoms with van der Waals surface area (Å²) < 4.78 is 58.0. The van der Waals surface area contributed by atoms with E-state index >= 15 is 0 Å². The van der Waals surface area contributed by atoms with E-state index in [4.69, 9.17) is 14.2 Å². The molecule has 4 nitrogen and oxygen atoms in total. The van der Waals surface area contributed by atoms with Gasteiger partial charge in [0.1, 0.15) is 17.7 Å². The fraction of sp³-hybridized carbons (Fsp3) is 0.609. The van der Waals surface area contributed by atoms with Gasteiger partial charge in [-0.1, -0.05) is 12.1 Å². The number of rotatable bonds is 7. The quantitative estimate of drug-likeness (QED) is 0.414. The Morgan fingerprint density at radius 1 is 1.23 bits per heavy atom. The molecule has 0 aromatic heterocycles. The van der Waals surface area contributed by atoms with Crippen LogP contribution in [0.25, 0.3) is 0 Å². The normalized spacial score (nSPS) is 27.0. The third kappa shape index (κ3) is 5.17. The summed E-state index contributed by atoms with van der Waals surface area (Å²) in [4.78, 5) is 12.5. The van der Waals surface area contributed by atoms with Gasteiger partial charge >= 0.3 is 5.97 Å². The van der Waals surface area contributed by atoms with Crippen molar-refractivity contribution < 1.29 is 32.2 Å². The second-order valence-electron chi connectivity index (χ2n) is 7.91. The molecule has 2 unspecified atom stereocenters. The molecule has 1 aliphatic heterocycles. The van der Waals surface area contributed by atoms with E-state index in [9.17, 15) is 18.0 Å². The van der Waals surface area contributed by atoms with Crippen molar-refractivity contribution in [3.8, 4) is 5.75 Å². The fourth-order valence-corrected chi connectivity index (χ4v) is 4.32. The van der Waals surface area contributed by atoms with Gasteiger partial charge in [0, 0.05) is 0 Å². The molecule has 0 amide bonds. The zero-order valence-electron chi connectivity index (χ0n) is 17.2. The van der Waals surface area contributed by atoms with Gasteiger partial charge in [0.2, 0.25) is 0 Å². The minimum Gasteiger partial charge on any atom is -0.493 e. The average molecular weight is 426 g/mol. The molecule has 3 rings (SSSR count). The summed E-state index contributed by atoms with van der Waals surface area (Å²) in [6.07, 6.45) is 2.27. The summed E-state index contributed by atoms with van der Waals surface area (Å²) in [5, 5.41) is 0. The summed E-state index contributed by atoms with van der Waals surface area (Å²) in [5.41, 5.74) is -0.400. The number of hydrogen-bond acceptors (Lipinski definition) is 4. The number of hydrogen-bond donors (Lipinski definition) is 0. The topological polar surface area (TPSA) is 44.8 Å². The zero-order valence-corrected chi connectivity index (χ0v) is 17.2. The number of carbonyl (C=O) groups is 1. The van der Waals surface area contributed by atoms with Gasteiger partial charge in [-0.3, -0.25) is 4.79 Å². The van der Waals surface area contributed by atoms with Crippen LogP contribution < -0.4 is 4.74 Å². The standard InChI is InChI=1S/C23H29F3O4/c1-3-16-9-10-17(13-29-16)30-23(27)15-7-5-14(6-8-15)18-11-12-19(28-4-2)20(21(18)24)22(25)26/h3,11-12,14-17,22H,1,4-10,13H2,2H3. The van der Waals surface area contributed by atoms with E-state index in [2.05, 4.69) is 6.58 Å². The van der Waals surface area contributed by atoms with E-state index in [1.54, 1.807) is 13.0 Å². The molecule has 0 spiro atoms. The second-order valence-corrected chi connectivity index (χ2v) is 7.91. The van der Waals surface area contributed by atoms with E-state index in [1.165, 1.54) is 12.1 Å². The largest absolute Gasteiger partial charge is 0.493 e. The van der Waals surface area contributed by atoms with Gasteiger partial charge in [-0.15, -0.1) is 6.58 Å². The maximum absolute atomic E-state index is 14.8. The third-order valence-corrected chi connectivity index (χ3v) is 6.00. The first-order valence-electron chi connectivity index (χ1n) is 10.6. The molecular weight excluding hydrogens is 397 g/mol. The molecule has 1 saturated heterocycles. The fourth-order valence-electron chi connectivity index (χ4n) is 4.32. The van der Waals surface area contributed by atoms with Gasteiger partial charge in [-0.25, -0.2) is 13.2 Å². The highest BCUT2D eigenvalue weighted by molar-refractivity contribution is 5.72. The SMILES string of the molecule is C=CC1CCC(OC(=O)C2CCC(c3ccc(OCC)c(C(F)F)c3F)CC2)CO1. The van der Waals surface area contributed by atoms with E-state index in [1.807, 2.05) is 0 Å². The van der Waals surface area contributed by atoms with E-state index in [-0.39, 0.29) is 47.9 Å². The van der Waals surface area contributed by atoms with Crippen molar-refractivity contribution in [2.24, 2.45) is 5.92 Å². The van der Waals surface area contributed by atoms with Gasteiger partial charge in [-0.2, -0.15) is 0 Å². The van der Waals surface area contributed by atoms with Crippen LogP contribution in [-0.4, -0.2) is 31.4 Å². The number of alkyl halides is 2. The Kier molecular flexibility index (Phi) is 7.81. The molecule has 7 heteroatoms. The smallest absolute Gasteiger partial charge is 0.309 e. The molecule has 1 saturated carbocycles. The zero-order chi connectivity index (χ0) is 21.7. The van der Waals surface area contributed by atoms with Gasteiger partial charge in [0.15, 0.2) is 0 Å². The van der Waals surface area contributed by atoms with E-state index in [0.29, 0.717) is 32.3 Å². The van der Waals surface area contributed by atoms with Crippen molar-refractivity contribution in [2.45, 2.75) is 70.0 Å². The molecule has 166 valence electrons. The predicted molar refractivity (Wildman–Crippen MR) is 106 cm³/mol. The van der Waals surface area contributed by atoms with Crippen LogP contribution in [0.4, 0.5) is 13.2 Å². The van der Waals surface area contributed by atoms with Crippen molar-refractivity contribution >= 4 is 5.97 Å². The maximum Gasteiger partial charge on any atom is 0.309 e. The Morgan fingerprint density at radius 2 is 1.97 bits per heavy atom. The first kappa shape index (κ1) is 22.7. The number of benzene rings is 1. The summed E-state index contributed by atoms with van der Waals surface area (Å²) in [7, 11) is 0. The summed E-state index contributed by atoms with van der Waals surface area (Å²) >= 11 is 0. The average Bonchev–Trinajstić information content (AvgIpc) is 2.74. The molecule has 0 radical (unpaired) electrons. The van der Waals surface area contributed by atoms with Crippen LogP contribution in [-0.2, 0) is 14.3 Å². The Hall–Kier alpha value is -2.02. The summed E-state index contributed by atoms with van der Waals surface area (Å²) in [6, 6.07) is 2.95. The van der Waals surface area contributed by atoms with Crippen LogP contribution in [0.1, 0.15) is 68.9 Å². The lowest BCUT2D eigenvalue weighted by Gasteiger charge is -2.31. The summed E-state index contributed by atoms with van der Waals surface area (Å²) in [5.74, 6) is -1.70. The highest BCUT2D eigenvalue weighted by atomic mass is 19.3. The first-order valence-corrected chi connectivity index (χ1v) is 10.6. The van der Waals surface area contributed by atoms with Crippen molar-refractivity contribution in [3.05, 3.63) is 41.7 Å². The molecular formula is C23H29F3O4. The van der Waals surface area contributed by atoms with Crippen molar-refractivity contribution in [1.29, 1.82) is 0 Å². The molecule has 1 heterocycles. The molecule has 1 aromatic rings. The monoisotopic (exact) mass is 426 g/mol. The highest BCUT2D eigenvalue weighted by Crippen LogP contribution is 2.41. The van der Waals surface area contributed by atoms with Crippen LogP contribution in [0.3, 0.4) is 0 Å². The molecule has 1 aliphatic carbocycles. The molecule has 0 N–H and O–H groups in total. The Balaban J connectivity index is 1.58. The Morgan fingerprint density at radius 3 is 2.53 bits per heavy atom. The number of carbonyl (C=O) groups excluding carboxylic acids is 1. The van der Waals surface area contributed by atoms with E-state index < -0.39 is 17.8 Å². The molecule has 2 atom stereocenters. The lowest BCUT2D eigenvalue weighted by atomic mass is 9.78. The molecule has 2 aliphatic rings. The van der Waals surface area contributed by atoms with Gasteiger partial charge in [0.25, 0.3) is 6.43 Å². The molecule has 0 bridgehead atoms.